The van der Waals surface area contributed by atoms with E-state index >= 15 is 0 Å². The Labute approximate surface area is 163 Å². The number of benzene rings is 2. The second-order valence-electron chi connectivity index (χ2n) is 6.05. The van der Waals surface area contributed by atoms with Gasteiger partial charge in [-0.3, -0.25) is 0 Å². The van der Waals surface area contributed by atoms with Gasteiger partial charge in [0.2, 0.25) is 0 Å². The number of fused-ring (bicyclic) bond motifs is 1. The molecule has 0 saturated heterocycles. The molecule has 1 atom stereocenters. The van der Waals surface area contributed by atoms with Crippen LogP contribution in [-0.2, 0) is 14.8 Å². The van der Waals surface area contributed by atoms with E-state index < -0.39 is 22.5 Å². The average molecular weight is 398 g/mol. The van der Waals surface area contributed by atoms with Crippen LogP contribution in [-0.4, -0.2) is 22.3 Å². The van der Waals surface area contributed by atoms with Crippen LogP contribution in [0.1, 0.15) is 12.5 Å². The van der Waals surface area contributed by atoms with Crippen molar-refractivity contribution in [1.29, 1.82) is 5.26 Å². The highest BCUT2D eigenvalue weighted by Crippen LogP contribution is 2.33. The molecule has 2 aromatic carbocycles. The van der Waals surface area contributed by atoms with Crippen LogP contribution in [0.2, 0.25) is 0 Å². The highest BCUT2D eigenvalue weighted by molar-refractivity contribution is 7.74. The standard InChI is InChI=1S/C19H17FN5O2S/c1-11-6-14(25-28(3)26)8-16-18(11)19(23-10-22-16)24-15-5-4-13(20)7-17(15)27-12(2)9-21/h4-8,10,12H,1-3H3,(H,22,23,24)/q-1/t12-/m1/s1. The molecule has 144 valence electrons. The number of hydrogen-bond donors (Lipinski definition) is 1. The van der Waals surface area contributed by atoms with Gasteiger partial charge in [-0.05, 0) is 43.7 Å². The first-order valence-electron chi connectivity index (χ1n) is 8.31. The maximum Gasteiger partial charge on any atom is 0.181 e. The minimum absolute atomic E-state index is 0.200. The van der Waals surface area contributed by atoms with Crippen LogP contribution in [0.5, 0.6) is 5.75 Å². The molecule has 0 fully saturated rings. The molecule has 0 unspecified atom stereocenters. The summed E-state index contributed by atoms with van der Waals surface area (Å²) in [6.07, 6.45) is 2.13. The van der Waals surface area contributed by atoms with E-state index in [1.165, 1.54) is 30.8 Å². The fourth-order valence-electron chi connectivity index (χ4n) is 2.71. The van der Waals surface area contributed by atoms with Gasteiger partial charge in [0.25, 0.3) is 0 Å². The van der Waals surface area contributed by atoms with Gasteiger partial charge in [-0.15, -0.1) is 6.26 Å². The number of halogens is 1. The highest BCUT2D eigenvalue weighted by Gasteiger charge is 2.13. The molecule has 0 aliphatic carbocycles. The Kier molecular flexibility index (Phi) is 5.70. The van der Waals surface area contributed by atoms with Gasteiger partial charge in [-0.2, -0.15) is 15.9 Å². The molecule has 9 heteroatoms. The van der Waals surface area contributed by atoms with Crippen molar-refractivity contribution < 1.29 is 13.3 Å². The maximum atomic E-state index is 13.7. The van der Waals surface area contributed by atoms with Gasteiger partial charge in [0, 0.05) is 17.1 Å². The lowest BCUT2D eigenvalue weighted by Gasteiger charge is -2.16. The third-order valence-corrected chi connectivity index (χ3v) is 4.30. The summed E-state index contributed by atoms with van der Waals surface area (Å²) in [7, 11) is -1.33. The Morgan fingerprint density at radius 2 is 2.11 bits per heavy atom. The quantitative estimate of drug-likeness (QED) is 0.634. The smallest absolute Gasteiger partial charge is 0.181 e. The lowest BCUT2D eigenvalue weighted by Crippen LogP contribution is -2.10. The van der Waals surface area contributed by atoms with Crippen LogP contribution < -0.4 is 10.1 Å². The van der Waals surface area contributed by atoms with Gasteiger partial charge in [-0.1, -0.05) is 0 Å². The number of anilines is 2. The largest absolute Gasteiger partial charge is 0.474 e. The molecule has 0 aliphatic rings. The van der Waals surface area contributed by atoms with Gasteiger partial charge in [-0.25, -0.2) is 14.4 Å². The first-order chi connectivity index (χ1) is 13.4. The number of hydrogen-bond acceptors (Lipinski definition) is 8. The molecule has 7 nitrogen and oxygen atoms in total. The average Bonchev–Trinajstić information content (AvgIpc) is 2.63. The van der Waals surface area contributed by atoms with E-state index in [1.54, 1.807) is 19.1 Å². The SMILES string of the molecule is Cc1cc(N=[S-](C)=O)cc2ncnc(Nc3ccc(F)cc3O[C@H](C)C#N)c12. The van der Waals surface area contributed by atoms with E-state index in [0.717, 1.165) is 10.9 Å². The molecular weight excluding hydrogens is 381 g/mol. The normalized spacial score (nSPS) is 13.1. The fourth-order valence-corrected chi connectivity index (χ4v) is 3.11. The van der Waals surface area contributed by atoms with Gasteiger partial charge in [0.05, 0.1) is 11.2 Å². The zero-order valence-corrected chi connectivity index (χ0v) is 16.2. The Hall–Kier alpha value is -3.25. The van der Waals surface area contributed by atoms with Crippen molar-refractivity contribution in [2.45, 2.75) is 20.0 Å². The van der Waals surface area contributed by atoms with E-state index in [2.05, 4.69) is 19.6 Å². The molecular formula is C19H17FN5O2S-. The van der Waals surface area contributed by atoms with Crippen molar-refractivity contribution in [3.05, 3.63) is 48.0 Å². The summed E-state index contributed by atoms with van der Waals surface area (Å²) >= 11 is 0. The molecule has 0 saturated carbocycles. The van der Waals surface area contributed by atoms with E-state index in [0.29, 0.717) is 22.7 Å². The van der Waals surface area contributed by atoms with Crippen molar-refractivity contribution in [3.63, 3.8) is 0 Å². The first kappa shape index (κ1) is 19.5. The van der Waals surface area contributed by atoms with Crippen molar-refractivity contribution in [2.24, 2.45) is 4.36 Å². The Morgan fingerprint density at radius 1 is 1.32 bits per heavy atom. The van der Waals surface area contributed by atoms with Crippen molar-refractivity contribution in [3.8, 4) is 11.8 Å². The third-order valence-electron chi connectivity index (χ3n) is 3.84. The summed E-state index contributed by atoms with van der Waals surface area (Å²) in [6, 6.07) is 9.47. The zero-order chi connectivity index (χ0) is 20.3. The highest BCUT2D eigenvalue weighted by atomic mass is 32.2. The van der Waals surface area contributed by atoms with Crippen LogP contribution in [0.15, 0.2) is 41.0 Å². The summed E-state index contributed by atoms with van der Waals surface area (Å²) in [5.74, 6) is 0.215. The third kappa shape index (κ3) is 4.35. The van der Waals surface area contributed by atoms with E-state index in [1.807, 2.05) is 13.0 Å². The molecule has 1 heterocycles. The Balaban J connectivity index is 2.08. The molecule has 0 radical (unpaired) electrons. The van der Waals surface area contributed by atoms with E-state index in [-0.39, 0.29) is 5.75 Å². The van der Waals surface area contributed by atoms with Crippen LogP contribution >= 0.6 is 0 Å². The summed E-state index contributed by atoms with van der Waals surface area (Å²) in [5, 5.41) is 12.8. The molecule has 0 amide bonds. The molecule has 0 spiro atoms. The predicted molar refractivity (Wildman–Crippen MR) is 106 cm³/mol. The lowest BCUT2D eigenvalue weighted by atomic mass is 10.1. The monoisotopic (exact) mass is 398 g/mol. The van der Waals surface area contributed by atoms with Gasteiger partial charge < -0.3 is 18.6 Å². The number of nitrogens with zero attached hydrogens (tertiary/aromatic N) is 4. The number of nitrogens with one attached hydrogen (secondary N) is 1. The molecule has 0 aliphatic heterocycles. The Morgan fingerprint density at radius 3 is 2.82 bits per heavy atom. The number of aromatic nitrogens is 2. The van der Waals surface area contributed by atoms with Crippen LogP contribution in [0.3, 0.4) is 0 Å². The minimum Gasteiger partial charge on any atom is -0.474 e. The van der Waals surface area contributed by atoms with Gasteiger partial charge >= 0.3 is 0 Å². The maximum absolute atomic E-state index is 13.7. The van der Waals surface area contributed by atoms with Crippen molar-refractivity contribution in [1.82, 2.24) is 9.97 Å². The van der Waals surface area contributed by atoms with Gasteiger partial charge in [0.15, 0.2) is 6.10 Å². The van der Waals surface area contributed by atoms with Crippen LogP contribution in [0.4, 0.5) is 21.6 Å². The molecule has 1 N–H and O–H groups in total. The summed E-state index contributed by atoms with van der Waals surface area (Å²) in [6.45, 7) is 3.44. The first-order valence-corrected chi connectivity index (χ1v) is 9.82. The topological polar surface area (TPSA) is 100 Å². The second kappa shape index (κ2) is 8.19. The summed E-state index contributed by atoms with van der Waals surface area (Å²) in [5.41, 5.74) is 2.48. The molecule has 3 rings (SSSR count). The number of aryl methyl sites for hydroxylation is 1. The number of ether oxygens (including phenoxy) is 1. The van der Waals surface area contributed by atoms with Crippen molar-refractivity contribution in [2.75, 3.05) is 11.6 Å². The van der Waals surface area contributed by atoms with Gasteiger partial charge in [0.1, 0.15) is 29.8 Å². The fraction of sp³-hybridized carbons (Fsp3) is 0.211. The van der Waals surface area contributed by atoms with Crippen LogP contribution in [0, 0.1) is 24.1 Å². The molecule has 3 aromatic rings. The Bertz CT molecular complexity index is 1170. The van der Waals surface area contributed by atoms with Crippen LogP contribution in [0.25, 0.3) is 10.9 Å². The molecule has 1 aromatic heterocycles. The predicted octanol–water partition coefficient (Wildman–Crippen LogP) is 4.52. The zero-order valence-electron chi connectivity index (χ0n) is 15.4. The number of nitriles is 1. The number of rotatable bonds is 5. The van der Waals surface area contributed by atoms with E-state index in [9.17, 15) is 8.60 Å². The molecule has 28 heavy (non-hydrogen) atoms. The minimum atomic E-state index is -1.33. The second-order valence-corrected chi connectivity index (χ2v) is 7.08. The lowest BCUT2D eigenvalue weighted by molar-refractivity contribution is 0.276. The molecule has 0 bridgehead atoms. The van der Waals surface area contributed by atoms with Crippen molar-refractivity contribution >= 4 is 38.7 Å². The van der Waals surface area contributed by atoms with E-state index in [4.69, 9.17) is 10.00 Å². The summed E-state index contributed by atoms with van der Waals surface area (Å²) in [4.78, 5) is 8.56. The summed E-state index contributed by atoms with van der Waals surface area (Å²) < 4.78 is 34.6.